The van der Waals surface area contributed by atoms with Crippen molar-refractivity contribution in [3.63, 3.8) is 0 Å². The molecule has 0 unspecified atom stereocenters. The van der Waals surface area contributed by atoms with Gasteiger partial charge in [-0.2, -0.15) is 0 Å². The maximum atomic E-state index is 12.4. The third-order valence-electron chi connectivity index (χ3n) is 4.30. The highest BCUT2D eigenvalue weighted by molar-refractivity contribution is 5.94. The molecular formula is C17H26N2O. The van der Waals surface area contributed by atoms with Gasteiger partial charge in [-0.1, -0.05) is 12.5 Å². The number of piperidine rings is 1. The molecule has 3 heteroatoms. The Bertz CT molecular complexity index is 464. The summed E-state index contributed by atoms with van der Waals surface area (Å²) in [4.78, 5) is 16.7. The Labute approximate surface area is 122 Å². The van der Waals surface area contributed by atoms with Crippen molar-refractivity contribution in [2.75, 3.05) is 33.2 Å². The van der Waals surface area contributed by atoms with E-state index < -0.39 is 0 Å². The van der Waals surface area contributed by atoms with Gasteiger partial charge in [0.15, 0.2) is 0 Å². The lowest BCUT2D eigenvalue weighted by Gasteiger charge is -2.28. The van der Waals surface area contributed by atoms with Crippen LogP contribution < -0.4 is 0 Å². The first-order valence-electron chi connectivity index (χ1n) is 7.63. The smallest absolute Gasteiger partial charge is 0.253 e. The number of likely N-dealkylation sites (tertiary alicyclic amines) is 1. The Balaban J connectivity index is 1.89. The Kier molecular flexibility index (Phi) is 5.18. The molecular weight excluding hydrogens is 248 g/mol. The highest BCUT2D eigenvalue weighted by atomic mass is 16.2. The normalized spacial score (nSPS) is 16.1. The molecule has 1 aliphatic heterocycles. The van der Waals surface area contributed by atoms with Gasteiger partial charge in [0.1, 0.15) is 0 Å². The fourth-order valence-corrected chi connectivity index (χ4v) is 2.67. The van der Waals surface area contributed by atoms with Crippen LogP contribution in [-0.4, -0.2) is 48.9 Å². The Morgan fingerprint density at radius 1 is 1.15 bits per heavy atom. The number of nitrogens with zero attached hydrogens (tertiary/aromatic N) is 2. The van der Waals surface area contributed by atoms with Crippen molar-refractivity contribution < 1.29 is 4.79 Å². The predicted octanol–water partition coefficient (Wildman–Crippen LogP) is 2.86. The van der Waals surface area contributed by atoms with E-state index in [0.717, 1.165) is 18.7 Å². The SMILES string of the molecule is Cc1ccc(C(=O)N(C)CCN2CCCCC2)cc1C. The first-order chi connectivity index (χ1) is 9.58. The summed E-state index contributed by atoms with van der Waals surface area (Å²) in [5.74, 6) is 0.130. The molecule has 3 nitrogen and oxygen atoms in total. The topological polar surface area (TPSA) is 23.6 Å². The zero-order valence-electron chi connectivity index (χ0n) is 13.0. The summed E-state index contributed by atoms with van der Waals surface area (Å²) < 4.78 is 0. The van der Waals surface area contributed by atoms with Crippen molar-refractivity contribution in [1.82, 2.24) is 9.80 Å². The lowest BCUT2D eigenvalue weighted by Crippen LogP contribution is -2.38. The number of amides is 1. The molecule has 0 radical (unpaired) electrons. The van der Waals surface area contributed by atoms with E-state index >= 15 is 0 Å². The van der Waals surface area contributed by atoms with Crippen LogP contribution in [0, 0.1) is 13.8 Å². The van der Waals surface area contributed by atoms with Crippen LogP contribution in [0.2, 0.25) is 0 Å². The zero-order valence-corrected chi connectivity index (χ0v) is 13.0. The van der Waals surface area contributed by atoms with Crippen molar-refractivity contribution >= 4 is 5.91 Å². The van der Waals surface area contributed by atoms with E-state index in [-0.39, 0.29) is 5.91 Å². The van der Waals surface area contributed by atoms with Gasteiger partial charge in [0.2, 0.25) is 0 Å². The first kappa shape index (κ1) is 15.0. The lowest BCUT2D eigenvalue weighted by molar-refractivity contribution is 0.0773. The first-order valence-corrected chi connectivity index (χ1v) is 7.63. The fraction of sp³-hybridized carbons (Fsp3) is 0.588. The third kappa shape index (κ3) is 3.83. The van der Waals surface area contributed by atoms with Crippen molar-refractivity contribution in [2.45, 2.75) is 33.1 Å². The molecule has 1 saturated heterocycles. The van der Waals surface area contributed by atoms with E-state index in [9.17, 15) is 4.79 Å². The average molecular weight is 274 g/mol. The minimum atomic E-state index is 0.130. The van der Waals surface area contributed by atoms with Crippen LogP contribution in [0.3, 0.4) is 0 Å². The molecule has 0 spiro atoms. The second-order valence-electron chi connectivity index (χ2n) is 5.93. The molecule has 0 N–H and O–H groups in total. The van der Waals surface area contributed by atoms with Gasteiger partial charge in [0.05, 0.1) is 0 Å². The second-order valence-corrected chi connectivity index (χ2v) is 5.93. The molecule has 0 aromatic heterocycles. The van der Waals surface area contributed by atoms with Crippen molar-refractivity contribution in [2.24, 2.45) is 0 Å². The Morgan fingerprint density at radius 2 is 1.85 bits per heavy atom. The van der Waals surface area contributed by atoms with Gasteiger partial charge in [-0.25, -0.2) is 0 Å². The molecule has 20 heavy (non-hydrogen) atoms. The molecule has 1 aliphatic rings. The minimum absolute atomic E-state index is 0.130. The van der Waals surface area contributed by atoms with Gasteiger partial charge in [0, 0.05) is 25.7 Å². The zero-order chi connectivity index (χ0) is 14.5. The Morgan fingerprint density at radius 3 is 2.50 bits per heavy atom. The number of aryl methyl sites for hydroxylation is 2. The summed E-state index contributed by atoms with van der Waals surface area (Å²) >= 11 is 0. The van der Waals surface area contributed by atoms with E-state index in [1.807, 2.05) is 30.1 Å². The van der Waals surface area contributed by atoms with Gasteiger partial charge >= 0.3 is 0 Å². The average Bonchev–Trinajstić information content (AvgIpc) is 2.48. The Hall–Kier alpha value is -1.35. The summed E-state index contributed by atoms with van der Waals surface area (Å²) in [5.41, 5.74) is 3.21. The fourth-order valence-electron chi connectivity index (χ4n) is 2.67. The third-order valence-corrected chi connectivity index (χ3v) is 4.30. The van der Waals surface area contributed by atoms with E-state index in [4.69, 9.17) is 0 Å². The van der Waals surface area contributed by atoms with Crippen LogP contribution in [0.5, 0.6) is 0 Å². The van der Waals surface area contributed by atoms with Crippen LogP contribution in [0.25, 0.3) is 0 Å². The maximum Gasteiger partial charge on any atom is 0.253 e. The predicted molar refractivity (Wildman–Crippen MR) is 83.2 cm³/mol. The van der Waals surface area contributed by atoms with Crippen LogP contribution in [0.15, 0.2) is 18.2 Å². The lowest BCUT2D eigenvalue weighted by atomic mass is 10.1. The number of carbonyl (C=O) groups is 1. The highest BCUT2D eigenvalue weighted by Gasteiger charge is 2.15. The van der Waals surface area contributed by atoms with Crippen LogP contribution in [0.1, 0.15) is 40.7 Å². The number of carbonyl (C=O) groups excluding carboxylic acids is 1. The van der Waals surface area contributed by atoms with E-state index in [2.05, 4.69) is 18.7 Å². The second kappa shape index (κ2) is 6.89. The summed E-state index contributed by atoms with van der Waals surface area (Å²) in [6.45, 7) is 8.31. The van der Waals surface area contributed by atoms with Gasteiger partial charge in [-0.05, 0) is 63.0 Å². The molecule has 0 aliphatic carbocycles. The summed E-state index contributed by atoms with van der Waals surface area (Å²) in [6.07, 6.45) is 3.96. The van der Waals surface area contributed by atoms with E-state index in [1.165, 1.54) is 43.5 Å². The van der Waals surface area contributed by atoms with Gasteiger partial charge < -0.3 is 9.80 Å². The molecule has 1 aromatic carbocycles. The summed E-state index contributed by atoms with van der Waals surface area (Å²) in [6, 6.07) is 5.96. The van der Waals surface area contributed by atoms with Crippen LogP contribution in [-0.2, 0) is 0 Å². The number of benzene rings is 1. The van der Waals surface area contributed by atoms with Crippen molar-refractivity contribution in [3.8, 4) is 0 Å². The quantitative estimate of drug-likeness (QED) is 0.843. The van der Waals surface area contributed by atoms with E-state index in [0.29, 0.717) is 0 Å². The molecule has 1 amide bonds. The highest BCUT2D eigenvalue weighted by Crippen LogP contribution is 2.12. The number of rotatable bonds is 4. The molecule has 2 rings (SSSR count). The molecule has 0 saturated carbocycles. The molecule has 110 valence electrons. The standard InChI is InChI=1S/C17H26N2O/c1-14-7-8-16(13-15(14)2)17(20)18(3)11-12-19-9-5-4-6-10-19/h7-8,13H,4-6,9-12H2,1-3H3. The summed E-state index contributed by atoms with van der Waals surface area (Å²) in [5, 5.41) is 0. The number of likely N-dealkylation sites (N-methyl/N-ethyl adjacent to an activating group) is 1. The molecule has 0 bridgehead atoms. The molecule has 1 heterocycles. The maximum absolute atomic E-state index is 12.4. The molecule has 1 fully saturated rings. The van der Waals surface area contributed by atoms with Gasteiger partial charge in [0.25, 0.3) is 5.91 Å². The number of hydrogen-bond donors (Lipinski definition) is 0. The molecule has 0 atom stereocenters. The van der Waals surface area contributed by atoms with Crippen molar-refractivity contribution in [1.29, 1.82) is 0 Å². The summed E-state index contributed by atoms with van der Waals surface area (Å²) in [7, 11) is 1.90. The monoisotopic (exact) mass is 274 g/mol. The van der Waals surface area contributed by atoms with Gasteiger partial charge in [-0.15, -0.1) is 0 Å². The minimum Gasteiger partial charge on any atom is -0.340 e. The number of hydrogen-bond acceptors (Lipinski definition) is 2. The van der Waals surface area contributed by atoms with Gasteiger partial charge in [-0.3, -0.25) is 4.79 Å². The van der Waals surface area contributed by atoms with Crippen LogP contribution in [0.4, 0.5) is 0 Å². The van der Waals surface area contributed by atoms with Crippen LogP contribution >= 0.6 is 0 Å². The largest absolute Gasteiger partial charge is 0.340 e. The molecule has 1 aromatic rings. The van der Waals surface area contributed by atoms with E-state index in [1.54, 1.807) is 0 Å². The van der Waals surface area contributed by atoms with Crippen molar-refractivity contribution in [3.05, 3.63) is 34.9 Å².